The lowest BCUT2D eigenvalue weighted by atomic mass is 10.1. The number of aryl methyl sites for hydroxylation is 1. The molecule has 0 aliphatic heterocycles. The molecule has 0 saturated heterocycles. The van der Waals surface area contributed by atoms with Gasteiger partial charge in [-0.05, 0) is 18.6 Å². The van der Waals surface area contributed by atoms with Crippen molar-refractivity contribution in [2.45, 2.75) is 19.4 Å². The van der Waals surface area contributed by atoms with Gasteiger partial charge >= 0.3 is 5.97 Å². The van der Waals surface area contributed by atoms with E-state index in [1.807, 2.05) is 6.92 Å². The Morgan fingerprint density at radius 1 is 1.67 bits per heavy atom. The molecule has 0 aromatic carbocycles. The van der Waals surface area contributed by atoms with Crippen LogP contribution in [0.4, 0.5) is 0 Å². The number of nitrogens with zero attached hydrogens (tertiary/aromatic N) is 1. The summed E-state index contributed by atoms with van der Waals surface area (Å²) < 4.78 is 0. The quantitative estimate of drug-likeness (QED) is 0.696. The van der Waals surface area contributed by atoms with Gasteiger partial charge in [0.2, 0.25) is 6.41 Å². The molecule has 5 nitrogen and oxygen atoms in total. The van der Waals surface area contributed by atoms with Crippen LogP contribution in [-0.4, -0.2) is 22.5 Å². The van der Waals surface area contributed by atoms with Crippen LogP contribution >= 0.6 is 0 Å². The number of carboxylic acid groups (broad SMARTS) is 1. The van der Waals surface area contributed by atoms with Gasteiger partial charge in [0, 0.05) is 11.9 Å². The Kier molecular flexibility index (Phi) is 3.79. The molecule has 0 saturated carbocycles. The second kappa shape index (κ2) is 5.09. The number of hydrogen-bond donors (Lipinski definition) is 2. The number of aromatic nitrogens is 1. The summed E-state index contributed by atoms with van der Waals surface area (Å²) in [6.45, 7) is 1.84. The van der Waals surface area contributed by atoms with Gasteiger partial charge in [0.1, 0.15) is 0 Å². The third kappa shape index (κ3) is 3.38. The molecule has 0 aliphatic rings. The number of nitrogens with one attached hydrogen (secondary N) is 1. The highest BCUT2D eigenvalue weighted by Crippen LogP contribution is 2.15. The van der Waals surface area contributed by atoms with Crippen molar-refractivity contribution in [2.75, 3.05) is 0 Å². The average molecular weight is 208 g/mol. The van der Waals surface area contributed by atoms with E-state index in [1.54, 1.807) is 18.3 Å². The van der Waals surface area contributed by atoms with Gasteiger partial charge < -0.3 is 10.4 Å². The molecule has 0 unspecified atom stereocenters. The highest BCUT2D eigenvalue weighted by molar-refractivity contribution is 5.68. The molecule has 0 radical (unpaired) electrons. The lowest BCUT2D eigenvalue weighted by Gasteiger charge is -2.13. The summed E-state index contributed by atoms with van der Waals surface area (Å²) in [6.07, 6.45) is 1.91. The smallest absolute Gasteiger partial charge is 0.305 e. The third-order valence-electron chi connectivity index (χ3n) is 1.98. The van der Waals surface area contributed by atoms with Gasteiger partial charge in [0.25, 0.3) is 0 Å². The lowest BCUT2D eigenvalue weighted by molar-refractivity contribution is -0.137. The minimum atomic E-state index is -0.963. The number of aliphatic carboxylic acids is 1. The second-order valence-electron chi connectivity index (χ2n) is 3.17. The predicted octanol–water partition coefficient (Wildman–Crippen LogP) is 0.652. The summed E-state index contributed by atoms with van der Waals surface area (Å²) >= 11 is 0. The van der Waals surface area contributed by atoms with Crippen molar-refractivity contribution in [2.24, 2.45) is 0 Å². The molecular formula is C10H12N2O3. The van der Waals surface area contributed by atoms with E-state index < -0.39 is 12.0 Å². The summed E-state index contributed by atoms with van der Waals surface area (Å²) in [5.41, 5.74) is 1.54. The lowest BCUT2D eigenvalue weighted by Crippen LogP contribution is -2.22. The molecule has 1 amide bonds. The Labute approximate surface area is 87.1 Å². The Bertz CT molecular complexity index is 348. The Morgan fingerprint density at radius 3 is 2.87 bits per heavy atom. The second-order valence-corrected chi connectivity index (χ2v) is 3.17. The zero-order chi connectivity index (χ0) is 11.3. The molecule has 1 atom stereocenters. The van der Waals surface area contributed by atoms with Gasteiger partial charge in [-0.1, -0.05) is 6.07 Å². The van der Waals surface area contributed by atoms with Crippen molar-refractivity contribution >= 4 is 12.4 Å². The molecule has 5 heteroatoms. The predicted molar refractivity (Wildman–Crippen MR) is 53.2 cm³/mol. The van der Waals surface area contributed by atoms with Crippen LogP contribution in [0.15, 0.2) is 18.3 Å². The van der Waals surface area contributed by atoms with Crippen LogP contribution in [0.3, 0.4) is 0 Å². The minimum Gasteiger partial charge on any atom is -0.481 e. The Morgan fingerprint density at radius 2 is 2.40 bits per heavy atom. The first-order valence-electron chi connectivity index (χ1n) is 4.47. The van der Waals surface area contributed by atoms with E-state index in [9.17, 15) is 9.59 Å². The van der Waals surface area contributed by atoms with Crippen molar-refractivity contribution in [3.8, 4) is 0 Å². The van der Waals surface area contributed by atoms with Crippen LogP contribution in [0.5, 0.6) is 0 Å². The van der Waals surface area contributed by atoms with Crippen LogP contribution in [0, 0.1) is 6.92 Å². The number of carboxylic acids is 1. The summed E-state index contributed by atoms with van der Waals surface area (Å²) in [6, 6.07) is 3.01. The maximum absolute atomic E-state index is 10.5. The number of carbonyl (C=O) groups is 2. The summed E-state index contributed by atoms with van der Waals surface area (Å²) in [5, 5.41) is 11.1. The number of pyridine rings is 1. The topological polar surface area (TPSA) is 79.3 Å². The van der Waals surface area contributed by atoms with Crippen LogP contribution in [0.1, 0.15) is 23.7 Å². The summed E-state index contributed by atoms with van der Waals surface area (Å²) in [7, 11) is 0. The Hall–Kier alpha value is -1.91. The molecule has 0 aliphatic carbocycles. The van der Waals surface area contributed by atoms with E-state index in [2.05, 4.69) is 10.3 Å². The summed E-state index contributed by atoms with van der Waals surface area (Å²) in [5.74, 6) is -0.963. The van der Waals surface area contributed by atoms with Gasteiger partial charge in [-0.15, -0.1) is 0 Å². The molecule has 1 rings (SSSR count). The van der Waals surface area contributed by atoms with Crippen LogP contribution in [-0.2, 0) is 9.59 Å². The molecule has 1 aromatic heterocycles. The maximum atomic E-state index is 10.5. The average Bonchev–Trinajstić information content (AvgIpc) is 2.17. The van der Waals surface area contributed by atoms with E-state index >= 15 is 0 Å². The molecule has 0 bridgehead atoms. The highest BCUT2D eigenvalue weighted by Gasteiger charge is 2.14. The number of rotatable bonds is 5. The maximum Gasteiger partial charge on any atom is 0.305 e. The monoisotopic (exact) mass is 208 g/mol. The number of amides is 1. The van der Waals surface area contributed by atoms with Gasteiger partial charge in [0.05, 0.1) is 12.5 Å². The fourth-order valence-electron chi connectivity index (χ4n) is 1.22. The SMILES string of the molecule is Cc1ccc([C@H](CC(=O)O)NC=O)cn1. The van der Waals surface area contributed by atoms with Gasteiger partial charge in [-0.2, -0.15) is 0 Å². The van der Waals surface area contributed by atoms with Crippen LogP contribution in [0.25, 0.3) is 0 Å². The number of carbonyl (C=O) groups excluding carboxylic acids is 1. The van der Waals surface area contributed by atoms with E-state index in [4.69, 9.17) is 5.11 Å². The molecule has 0 spiro atoms. The van der Waals surface area contributed by atoms with Crippen molar-refractivity contribution in [1.82, 2.24) is 10.3 Å². The van der Waals surface area contributed by atoms with Gasteiger partial charge in [0.15, 0.2) is 0 Å². The first-order valence-corrected chi connectivity index (χ1v) is 4.47. The standard InChI is InChI=1S/C10H12N2O3/c1-7-2-3-8(5-11-7)9(12-6-13)4-10(14)15/h2-3,5-6,9H,4H2,1H3,(H,12,13)(H,14,15)/t9-/m0/s1. The third-order valence-corrected chi connectivity index (χ3v) is 1.98. The molecule has 1 heterocycles. The van der Waals surface area contributed by atoms with E-state index in [1.165, 1.54) is 0 Å². The zero-order valence-electron chi connectivity index (χ0n) is 8.30. The first kappa shape index (κ1) is 11.2. The number of hydrogen-bond acceptors (Lipinski definition) is 3. The van der Waals surface area contributed by atoms with E-state index in [0.29, 0.717) is 12.0 Å². The fourth-order valence-corrected chi connectivity index (χ4v) is 1.22. The van der Waals surface area contributed by atoms with Gasteiger partial charge in [-0.25, -0.2) is 0 Å². The molecular weight excluding hydrogens is 196 g/mol. The van der Waals surface area contributed by atoms with E-state index in [-0.39, 0.29) is 6.42 Å². The van der Waals surface area contributed by atoms with Crippen LogP contribution in [0.2, 0.25) is 0 Å². The fraction of sp³-hybridized carbons (Fsp3) is 0.300. The molecule has 15 heavy (non-hydrogen) atoms. The largest absolute Gasteiger partial charge is 0.481 e. The van der Waals surface area contributed by atoms with Gasteiger partial charge in [-0.3, -0.25) is 14.6 Å². The van der Waals surface area contributed by atoms with Crippen molar-refractivity contribution in [3.05, 3.63) is 29.6 Å². The highest BCUT2D eigenvalue weighted by atomic mass is 16.4. The van der Waals surface area contributed by atoms with Crippen molar-refractivity contribution in [3.63, 3.8) is 0 Å². The first-order chi connectivity index (χ1) is 7.13. The van der Waals surface area contributed by atoms with Crippen molar-refractivity contribution < 1.29 is 14.7 Å². The summed E-state index contributed by atoms with van der Waals surface area (Å²) in [4.78, 5) is 24.9. The molecule has 80 valence electrons. The molecule has 1 aromatic rings. The van der Waals surface area contributed by atoms with E-state index in [0.717, 1.165) is 5.69 Å². The minimum absolute atomic E-state index is 0.149. The Balaban J connectivity index is 2.83. The van der Waals surface area contributed by atoms with Crippen molar-refractivity contribution in [1.29, 1.82) is 0 Å². The molecule has 0 fully saturated rings. The normalized spacial score (nSPS) is 11.8. The van der Waals surface area contributed by atoms with Crippen LogP contribution < -0.4 is 5.32 Å². The zero-order valence-corrected chi connectivity index (χ0v) is 8.30. The molecule has 2 N–H and O–H groups in total.